The molecule has 2 N–H and O–H groups in total. The highest BCUT2D eigenvalue weighted by atomic mass is 16.4. The Labute approximate surface area is 129 Å². The fourth-order valence-corrected chi connectivity index (χ4v) is 2.16. The molecule has 5 heteroatoms. The third kappa shape index (κ3) is 4.48. The van der Waals surface area contributed by atoms with Crippen LogP contribution in [0.1, 0.15) is 47.6 Å². The fraction of sp³-hybridized carbons (Fsp3) is 0.294. The van der Waals surface area contributed by atoms with Crippen LogP contribution in [0.5, 0.6) is 0 Å². The first kappa shape index (κ1) is 15.8. The summed E-state index contributed by atoms with van der Waals surface area (Å²) in [6, 6.07) is 13.0. The number of carbonyl (C=O) groups excluding carboxylic acids is 1. The molecule has 116 valence electrons. The largest absolute Gasteiger partial charge is 0.475 e. The lowest BCUT2D eigenvalue weighted by Gasteiger charge is -2.11. The molecule has 2 rings (SSSR count). The molecule has 0 spiro atoms. The van der Waals surface area contributed by atoms with E-state index in [0.29, 0.717) is 18.1 Å². The van der Waals surface area contributed by atoms with Gasteiger partial charge in [-0.05, 0) is 30.0 Å². The minimum absolute atomic E-state index is 0.0731. The molecule has 0 aliphatic heterocycles. The maximum Gasteiger partial charge on any atom is 0.371 e. The molecular formula is C17H19NO4. The highest BCUT2D eigenvalue weighted by molar-refractivity contribution is 5.84. The average Bonchev–Trinajstić information content (AvgIpc) is 3.00. The van der Waals surface area contributed by atoms with E-state index in [1.165, 1.54) is 11.6 Å². The molecule has 1 aromatic heterocycles. The van der Waals surface area contributed by atoms with Gasteiger partial charge in [-0.25, -0.2) is 4.79 Å². The summed E-state index contributed by atoms with van der Waals surface area (Å²) in [7, 11) is 0. The molecule has 1 amide bonds. The predicted molar refractivity (Wildman–Crippen MR) is 81.6 cm³/mol. The molecule has 0 saturated carbocycles. The maximum absolute atomic E-state index is 11.8. The molecule has 0 saturated heterocycles. The van der Waals surface area contributed by atoms with Crippen molar-refractivity contribution >= 4 is 11.9 Å². The van der Waals surface area contributed by atoms with Gasteiger partial charge in [-0.15, -0.1) is 0 Å². The van der Waals surface area contributed by atoms with Gasteiger partial charge in [0.1, 0.15) is 5.76 Å². The summed E-state index contributed by atoms with van der Waals surface area (Å²) >= 11 is 0. The number of nitrogens with one attached hydrogen (secondary N) is 1. The second kappa shape index (κ2) is 7.45. The zero-order valence-corrected chi connectivity index (χ0v) is 12.4. The van der Waals surface area contributed by atoms with Gasteiger partial charge in [-0.3, -0.25) is 4.79 Å². The lowest BCUT2D eigenvalue weighted by Crippen LogP contribution is -2.22. The van der Waals surface area contributed by atoms with E-state index < -0.39 is 5.97 Å². The van der Waals surface area contributed by atoms with Crippen LogP contribution in [-0.2, 0) is 11.3 Å². The molecule has 0 aliphatic carbocycles. The first-order chi connectivity index (χ1) is 10.6. The molecule has 1 unspecified atom stereocenters. The predicted octanol–water partition coefficient (Wildman–Crippen LogP) is 3.18. The van der Waals surface area contributed by atoms with Gasteiger partial charge in [0.15, 0.2) is 0 Å². The van der Waals surface area contributed by atoms with Crippen molar-refractivity contribution < 1.29 is 19.1 Å². The van der Waals surface area contributed by atoms with Crippen molar-refractivity contribution in [2.45, 2.75) is 32.2 Å². The number of aromatic carboxylic acids is 1. The van der Waals surface area contributed by atoms with Crippen molar-refractivity contribution in [2.75, 3.05) is 0 Å². The van der Waals surface area contributed by atoms with Gasteiger partial charge in [0.2, 0.25) is 11.7 Å². The molecule has 0 radical (unpaired) electrons. The molecule has 1 atom stereocenters. The van der Waals surface area contributed by atoms with E-state index in [-0.39, 0.29) is 18.2 Å². The van der Waals surface area contributed by atoms with Crippen molar-refractivity contribution in [3.05, 3.63) is 59.5 Å². The lowest BCUT2D eigenvalue weighted by atomic mass is 9.96. The third-order valence-electron chi connectivity index (χ3n) is 3.51. The Morgan fingerprint density at radius 3 is 2.55 bits per heavy atom. The third-order valence-corrected chi connectivity index (χ3v) is 3.51. The van der Waals surface area contributed by atoms with Crippen LogP contribution in [0, 0.1) is 0 Å². The van der Waals surface area contributed by atoms with Gasteiger partial charge in [0.25, 0.3) is 0 Å². The van der Waals surface area contributed by atoms with Crippen LogP contribution in [0.4, 0.5) is 0 Å². The number of amides is 1. The Morgan fingerprint density at radius 1 is 1.18 bits per heavy atom. The molecule has 0 bridgehead atoms. The molecule has 1 heterocycles. The first-order valence-electron chi connectivity index (χ1n) is 7.20. The summed E-state index contributed by atoms with van der Waals surface area (Å²) in [5.74, 6) is -0.566. The number of rotatable bonds is 7. The molecule has 2 aromatic rings. The van der Waals surface area contributed by atoms with Gasteiger partial charge in [-0.1, -0.05) is 37.3 Å². The molecule has 5 nitrogen and oxygen atoms in total. The number of carboxylic acid groups (broad SMARTS) is 1. The van der Waals surface area contributed by atoms with Crippen LogP contribution in [0.2, 0.25) is 0 Å². The standard InChI is InChI=1S/C17H19NO4/c1-12(13-5-3-2-4-6-13)7-10-16(19)18-11-14-8-9-15(22-14)17(20)21/h2-6,8-9,12H,7,10-11H2,1H3,(H,18,19)(H,20,21). The summed E-state index contributed by atoms with van der Waals surface area (Å²) < 4.78 is 5.08. The number of furan rings is 1. The van der Waals surface area contributed by atoms with Crippen molar-refractivity contribution in [1.29, 1.82) is 0 Å². The topological polar surface area (TPSA) is 79.5 Å². The van der Waals surface area contributed by atoms with Crippen molar-refractivity contribution in [3.8, 4) is 0 Å². The van der Waals surface area contributed by atoms with Crippen LogP contribution in [0.15, 0.2) is 46.9 Å². The molecular weight excluding hydrogens is 282 g/mol. The van der Waals surface area contributed by atoms with Gasteiger partial charge in [0.05, 0.1) is 6.54 Å². The first-order valence-corrected chi connectivity index (χ1v) is 7.20. The van der Waals surface area contributed by atoms with Crippen molar-refractivity contribution in [2.24, 2.45) is 0 Å². The van der Waals surface area contributed by atoms with E-state index in [1.54, 1.807) is 6.07 Å². The van der Waals surface area contributed by atoms with Crippen LogP contribution in [0.3, 0.4) is 0 Å². The Hall–Kier alpha value is -2.56. The molecule has 22 heavy (non-hydrogen) atoms. The van der Waals surface area contributed by atoms with Crippen LogP contribution in [0.25, 0.3) is 0 Å². The van der Waals surface area contributed by atoms with E-state index in [1.807, 2.05) is 18.2 Å². The fourth-order valence-electron chi connectivity index (χ4n) is 2.16. The highest BCUT2D eigenvalue weighted by Gasteiger charge is 2.11. The Balaban J connectivity index is 1.75. The smallest absolute Gasteiger partial charge is 0.371 e. The molecule has 0 fully saturated rings. The molecule has 0 aliphatic rings. The average molecular weight is 301 g/mol. The minimum Gasteiger partial charge on any atom is -0.475 e. The van der Waals surface area contributed by atoms with Crippen molar-refractivity contribution in [3.63, 3.8) is 0 Å². The van der Waals surface area contributed by atoms with E-state index in [0.717, 1.165) is 6.42 Å². The normalized spacial score (nSPS) is 11.9. The van der Waals surface area contributed by atoms with Gasteiger partial charge < -0.3 is 14.8 Å². The maximum atomic E-state index is 11.8. The number of hydrogen-bond acceptors (Lipinski definition) is 3. The van der Waals surface area contributed by atoms with Crippen LogP contribution in [-0.4, -0.2) is 17.0 Å². The van der Waals surface area contributed by atoms with Crippen molar-refractivity contribution in [1.82, 2.24) is 5.32 Å². The highest BCUT2D eigenvalue weighted by Crippen LogP contribution is 2.19. The second-order valence-electron chi connectivity index (χ2n) is 5.20. The van der Waals surface area contributed by atoms with E-state index in [4.69, 9.17) is 9.52 Å². The van der Waals surface area contributed by atoms with Crippen LogP contribution >= 0.6 is 0 Å². The summed E-state index contributed by atoms with van der Waals surface area (Å²) in [6.07, 6.45) is 1.18. The zero-order valence-electron chi connectivity index (χ0n) is 12.4. The summed E-state index contributed by atoms with van der Waals surface area (Å²) in [4.78, 5) is 22.5. The Morgan fingerprint density at radius 2 is 1.91 bits per heavy atom. The number of carboxylic acids is 1. The lowest BCUT2D eigenvalue weighted by molar-refractivity contribution is -0.121. The Kier molecular flexibility index (Phi) is 5.36. The minimum atomic E-state index is -1.12. The van der Waals surface area contributed by atoms with Gasteiger partial charge in [-0.2, -0.15) is 0 Å². The van der Waals surface area contributed by atoms with E-state index in [2.05, 4.69) is 24.4 Å². The van der Waals surface area contributed by atoms with E-state index >= 15 is 0 Å². The molecule has 1 aromatic carbocycles. The SMILES string of the molecule is CC(CCC(=O)NCc1ccc(C(=O)O)o1)c1ccccc1. The Bertz CT molecular complexity index is 633. The summed E-state index contributed by atoms with van der Waals surface area (Å²) in [5, 5.41) is 11.5. The monoisotopic (exact) mass is 301 g/mol. The summed E-state index contributed by atoms with van der Waals surface area (Å²) in [6.45, 7) is 2.29. The number of benzene rings is 1. The van der Waals surface area contributed by atoms with E-state index in [9.17, 15) is 9.59 Å². The quantitative estimate of drug-likeness (QED) is 0.823. The second-order valence-corrected chi connectivity index (χ2v) is 5.20. The number of hydrogen-bond donors (Lipinski definition) is 2. The van der Waals surface area contributed by atoms with Crippen LogP contribution < -0.4 is 5.32 Å². The number of carbonyl (C=O) groups is 2. The van der Waals surface area contributed by atoms with Gasteiger partial charge >= 0.3 is 5.97 Å². The van der Waals surface area contributed by atoms with Gasteiger partial charge in [0, 0.05) is 6.42 Å². The zero-order chi connectivity index (χ0) is 15.9. The summed E-state index contributed by atoms with van der Waals surface area (Å²) in [5.41, 5.74) is 1.22.